The SMILES string of the molecule is Cc1cccc(CNC(=O)C2CCN(C(=O)c3ccc(F)cc3)CC2)c1. The number of rotatable bonds is 4. The smallest absolute Gasteiger partial charge is 0.253 e. The Labute approximate surface area is 153 Å². The molecule has 2 aromatic carbocycles. The van der Waals surface area contributed by atoms with E-state index in [4.69, 9.17) is 0 Å². The highest BCUT2D eigenvalue weighted by Gasteiger charge is 2.27. The van der Waals surface area contributed by atoms with Crippen LogP contribution in [-0.2, 0) is 11.3 Å². The third kappa shape index (κ3) is 4.48. The van der Waals surface area contributed by atoms with Gasteiger partial charge in [0.05, 0.1) is 0 Å². The van der Waals surface area contributed by atoms with Gasteiger partial charge < -0.3 is 10.2 Å². The molecule has 0 unspecified atom stereocenters. The number of halogens is 1. The predicted molar refractivity (Wildman–Crippen MR) is 98.1 cm³/mol. The van der Waals surface area contributed by atoms with E-state index in [9.17, 15) is 14.0 Å². The van der Waals surface area contributed by atoms with Crippen molar-refractivity contribution in [3.63, 3.8) is 0 Å². The Kier molecular flexibility index (Phi) is 5.66. The molecule has 5 heteroatoms. The van der Waals surface area contributed by atoms with Crippen LogP contribution in [0, 0.1) is 18.7 Å². The molecule has 3 rings (SSSR count). The summed E-state index contributed by atoms with van der Waals surface area (Å²) in [5.41, 5.74) is 2.74. The minimum Gasteiger partial charge on any atom is -0.352 e. The standard InChI is InChI=1S/C21H23FN2O2/c1-15-3-2-4-16(13-15)14-23-20(25)17-9-11-24(12-10-17)21(26)18-5-7-19(22)8-6-18/h2-8,13,17H,9-12,14H2,1H3,(H,23,25). The summed E-state index contributed by atoms with van der Waals surface area (Å²) in [5, 5.41) is 2.99. The highest BCUT2D eigenvalue weighted by molar-refractivity contribution is 5.94. The fourth-order valence-corrected chi connectivity index (χ4v) is 3.28. The number of benzene rings is 2. The summed E-state index contributed by atoms with van der Waals surface area (Å²) in [5.74, 6) is -0.494. The maximum absolute atomic E-state index is 13.0. The fraction of sp³-hybridized carbons (Fsp3) is 0.333. The van der Waals surface area contributed by atoms with Gasteiger partial charge >= 0.3 is 0 Å². The Morgan fingerprint density at radius 3 is 2.46 bits per heavy atom. The number of piperidine rings is 1. The molecule has 4 nitrogen and oxygen atoms in total. The molecule has 1 saturated heterocycles. The van der Waals surface area contributed by atoms with Crippen molar-refractivity contribution >= 4 is 11.8 Å². The number of nitrogens with zero attached hydrogens (tertiary/aromatic N) is 1. The van der Waals surface area contributed by atoms with Crippen molar-refractivity contribution in [1.82, 2.24) is 10.2 Å². The summed E-state index contributed by atoms with van der Waals surface area (Å²) in [6.45, 7) is 3.63. The van der Waals surface area contributed by atoms with Crippen LogP contribution in [-0.4, -0.2) is 29.8 Å². The van der Waals surface area contributed by atoms with Gasteiger partial charge in [-0.2, -0.15) is 0 Å². The van der Waals surface area contributed by atoms with Gasteiger partial charge in [-0.15, -0.1) is 0 Å². The Balaban J connectivity index is 1.49. The van der Waals surface area contributed by atoms with E-state index in [2.05, 4.69) is 11.4 Å². The lowest BCUT2D eigenvalue weighted by atomic mass is 9.95. The van der Waals surface area contributed by atoms with E-state index in [1.54, 1.807) is 4.90 Å². The molecule has 1 heterocycles. The largest absolute Gasteiger partial charge is 0.352 e. The van der Waals surface area contributed by atoms with Crippen LogP contribution in [0.4, 0.5) is 4.39 Å². The van der Waals surface area contributed by atoms with Crippen LogP contribution in [0.5, 0.6) is 0 Å². The second kappa shape index (κ2) is 8.13. The molecule has 2 amide bonds. The van der Waals surface area contributed by atoms with E-state index in [-0.39, 0.29) is 23.5 Å². The van der Waals surface area contributed by atoms with Crippen molar-refractivity contribution in [2.45, 2.75) is 26.3 Å². The Bertz CT molecular complexity index is 781. The van der Waals surface area contributed by atoms with Gasteiger partial charge in [-0.05, 0) is 49.6 Å². The molecule has 0 spiro atoms. The minimum absolute atomic E-state index is 0.0420. The van der Waals surface area contributed by atoms with Crippen LogP contribution in [0.25, 0.3) is 0 Å². The van der Waals surface area contributed by atoms with Crippen LogP contribution in [0.2, 0.25) is 0 Å². The molecule has 0 saturated carbocycles. The molecule has 1 fully saturated rings. The first-order valence-corrected chi connectivity index (χ1v) is 8.91. The molecule has 136 valence electrons. The quantitative estimate of drug-likeness (QED) is 0.916. The van der Waals surface area contributed by atoms with Gasteiger partial charge in [-0.1, -0.05) is 29.8 Å². The van der Waals surface area contributed by atoms with Gasteiger partial charge in [0.25, 0.3) is 5.91 Å². The molecule has 1 N–H and O–H groups in total. The normalized spacial score (nSPS) is 14.9. The molecule has 2 aromatic rings. The number of aryl methyl sites for hydroxylation is 1. The zero-order valence-electron chi connectivity index (χ0n) is 14.9. The average molecular weight is 354 g/mol. The lowest BCUT2D eigenvalue weighted by Crippen LogP contribution is -2.42. The van der Waals surface area contributed by atoms with E-state index >= 15 is 0 Å². The Morgan fingerprint density at radius 1 is 1.12 bits per heavy atom. The molecule has 0 aliphatic carbocycles. The zero-order valence-corrected chi connectivity index (χ0v) is 14.9. The maximum atomic E-state index is 13.0. The summed E-state index contributed by atoms with van der Waals surface area (Å²) < 4.78 is 13.0. The van der Waals surface area contributed by atoms with Crippen molar-refractivity contribution < 1.29 is 14.0 Å². The van der Waals surface area contributed by atoms with Crippen LogP contribution in [0.3, 0.4) is 0 Å². The molecular formula is C21H23FN2O2. The zero-order chi connectivity index (χ0) is 18.5. The number of nitrogens with one attached hydrogen (secondary N) is 1. The first-order valence-electron chi connectivity index (χ1n) is 8.91. The molecule has 0 atom stereocenters. The summed E-state index contributed by atoms with van der Waals surface area (Å²) in [6.07, 6.45) is 1.29. The molecular weight excluding hydrogens is 331 g/mol. The van der Waals surface area contributed by atoms with E-state index in [1.807, 2.05) is 25.1 Å². The van der Waals surface area contributed by atoms with E-state index in [0.29, 0.717) is 38.0 Å². The first kappa shape index (κ1) is 18.1. The van der Waals surface area contributed by atoms with Gasteiger partial charge in [0.1, 0.15) is 5.82 Å². The average Bonchev–Trinajstić information content (AvgIpc) is 2.66. The predicted octanol–water partition coefficient (Wildman–Crippen LogP) is 3.30. The summed E-state index contributed by atoms with van der Waals surface area (Å²) in [6, 6.07) is 13.6. The van der Waals surface area contributed by atoms with Crippen molar-refractivity contribution in [1.29, 1.82) is 0 Å². The number of carbonyl (C=O) groups excluding carboxylic acids is 2. The fourth-order valence-electron chi connectivity index (χ4n) is 3.28. The summed E-state index contributed by atoms with van der Waals surface area (Å²) in [7, 11) is 0. The second-order valence-electron chi connectivity index (χ2n) is 6.78. The van der Waals surface area contributed by atoms with Crippen LogP contribution in [0.15, 0.2) is 48.5 Å². The van der Waals surface area contributed by atoms with E-state index in [0.717, 1.165) is 5.56 Å². The Morgan fingerprint density at radius 2 is 1.81 bits per heavy atom. The lowest BCUT2D eigenvalue weighted by molar-refractivity contribution is -0.126. The highest BCUT2D eigenvalue weighted by Crippen LogP contribution is 2.20. The van der Waals surface area contributed by atoms with Gasteiger partial charge in [-0.3, -0.25) is 9.59 Å². The van der Waals surface area contributed by atoms with Gasteiger partial charge in [0, 0.05) is 31.1 Å². The van der Waals surface area contributed by atoms with Gasteiger partial charge in [-0.25, -0.2) is 4.39 Å². The number of amides is 2. The van der Waals surface area contributed by atoms with Crippen molar-refractivity contribution in [2.24, 2.45) is 5.92 Å². The van der Waals surface area contributed by atoms with E-state index in [1.165, 1.54) is 29.8 Å². The molecule has 0 aromatic heterocycles. The molecule has 26 heavy (non-hydrogen) atoms. The van der Waals surface area contributed by atoms with E-state index < -0.39 is 0 Å². The third-order valence-corrected chi connectivity index (χ3v) is 4.79. The second-order valence-corrected chi connectivity index (χ2v) is 6.78. The molecule has 0 radical (unpaired) electrons. The van der Waals surface area contributed by atoms with Gasteiger partial charge in [0.15, 0.2) is 0 Å². The third-order valence-electron chi connectivity index (χ3n) is 4.79. The van der Waals surface area contributed by atoms with Crippen LogP contribution < -0.4 is 5.32 Å². The molecule has 0 bridgehead atoms. The number of carbonyl (C=O) groups is 2. The number of hydrogen-bond donors (Lipinski definition) is 1. The number of hydrogen-bond acceptors (Lipinski definition) is 2. The first-order chi connectivity index (χ1) is 12.5. The molecule has 1 aliphatic heterocycles. The molecule has 1 aliphatic rings. The van der Waals surface area contributed by atoms with Crippen LogP contribution in [0.1, 0.15) is 34.3 Å². The van der Waals surface area contributed by atoms with Crippen molar-refractivity contribution in [3.05, 3.63) is 71.0 Å². The van der Waals surface area contributed by atoms with Crippen molar-refractivity contribution in [2.75, 3.05) is 13.1 Å². The minimum atomic E-state index is -0.356. The maximum Gasteiger partial charge on any atom is 0.253 e. The van der Waals surface area contributed by atoms with Crippen LogP contribution >= 0.6 is 0 Å². The Hall–Kier alpha value is -2.69. The lowest BCUT2D eigenvalue weighted by Gasteiger charge is -2.31. The number of likely N-dealkylation sites (tertiary alicyclic amines) is 1. The highest BCUT2D eigenvalue weighted by atomic mass is 19.1. The monoisotopic (exact) mass is 354 g/mol. The van der Waals surface area contributed by atoms with Crippen molar-refractivity contribution in [3.8, 4) is 0 Å². The topological polar surface area (TPSA) is 49.4 Å². The summed E-state index contributed by atoms with van der Waals surface area (Å²) in [4.78, 5) is 26.6. The summed E-state index contributed by atoms with van der Waals surface area (Å²) >= 11 is 0. The van der Waals surface area contributed by atoms with Gasteiger partial charge in [0.2, 0.25) is 5.91 Å².